The van der Waals surface area contributed by atoms with E-state index in [4.69, 9.17) is 12.2 Å². The summed E-state index contributed by atoms with van der Waals surface area (Å²) in [5.41, 5.74) is 2.35. The van der Waals surface area contributed by atoms with Crippen molar-refractivity contribution in [3.63, 3.8) is 0 Å². The number of aryl methyl sites for hydroxylation is 1. The number of H-pyrrole nitrogens is 1. The van der Waals surface area contributed by atoms with Crippen LogP contribution in [0.1, 0.15) is 35.3 Å². The molecule has 21 heavy (non-hydrogen) atoms. The standard InChI is InChI=1S/C15H14N4S2/c1-3-11-8-17-14(21-11)9(2)19-12-6-4-5-10(7-16)13(12)18-15(19)20/h4-6,8-9H,3H2,1-2H3,(H,18,20). The number of rotatable bonds is 3. The molecule has 0 spiro atoms. The molecule has 0 amide bonds. The van der Waals surface area contributed by atoms with E-state index in [2.05, 4.69) is 29.9 Å². The highest BCUT2D eigenvalue weighted by Gasteiger charge is 2.17. The largest absolute Gasteiger partial charge is 0.329 e. The highest BCUT2D eigenvalue weighted by atomic mass is 32.1. The monoisotopic (exact) mass is 314 g/mol. The van der Waals surface area contributed by atoms with Gasteiger partial charge in [0, 0.05) is 11.1 Å². The molecular formula is C15H14N4S2. The van der Waals surface area contributed by atoms with Gasteiger partial charge >= 0.3 is 0 Å². The molecule has 0 aliphatic rings. The Morgan fingerprint density at radius 3 is 3.00 bits per heavy atom. The maximum absolute atomic E-state index is 9.20. The van der Waals surface area contributed by atoms with Gasteiger partial charge in [0.15, 0.2) is 4.77 Å². The third-order valence-electron chi connectivity index (χ3n) is 3.54. The summed E-state index contributed by atoms with van der Waals surface area (Å²) in [5, 5.41) is 10.2. The molecule has 106 valence electrons. The number of hydrogen-bond acceptors (Lipinski definition) is 4. The molecule has 1 unspecified atom stereocenters. The molecule has 2 aromatic heterocycles. The lowest BCUT2D eigenvalue weighted by Crippen LogP contribution is -2.06. The van der Waals surface area contributed by atoms with Gasteiger partial charge in [0.05, 0.1) is 22.6 Å². The van der Waals surface area contributed by atoms with E-state index in [9.17, 15) is 5.26 Å². The van der Waals surface area contributed by atoms with Gasteiger partial charge in [0.25, 0.3) is 0 Å². The first-order chi connectivity index (χ1) is 10.2. The quantitative estimate of drug-likeness (QED) is 0.737. The first-order valence-electron chi connectivity index (χ1n) is 6.73. The molecule has 0 aliphatic heterocycles. The topological polar surface area (TPSA) is 57.4 Å². The van der Waals surface area contributed by atoms with E-state index >= 15 is 0 Å². The normalized spacial score (nSPS) is 12.4. The lowest BCUT2D eigenvalue weighted by Gasteiger charge is -2.11. The zero-order valence-electron chi connectivity index (χ0n) is 11.8. The van der Waals surface area contributed by atoms with Gasteiger partial charge in [-0.1, -0.05) is 13.0 Å². The van der Waals surface area contributed by atoms with Crippen LogP contribution in [-0.2, 0) is 6.42 Å². The van der Waals surface area contributed by atoms with Crippen LogP contribution < -0.4 is 0 Å². The van der Waals surface area contributed by atoms with Gasteiger partial charge < -0.3 is 9.55 Å². The van der Waals surface area contributed by atoms with Gasteiger partial charge in [-0.15, -0.1) is 11.3 Å². The molecule has 0 bridgehead atoms. The number of para-hydroxylation sites is 1. The van der Waals surface area contributed by atoms with Crippen LogP contribution in [0.4, 0.5) is 0 Å². The van der Waals surface area contributed by atoms with E-state index in [1.807, 2.05) is 22.9 Å². The molecule has 3 aromatic rings. The van der Waals surface area contributed by atoms with E-state index in [1.54, 1.807) is 17.4 Å². The number of benzene rings is 1. The number of nitriles is 1. The van der Waals surface area contributed by atoms with E-state index in [0.29, 0.717) is 10.3 Å². The summed E-state index contributed by atoms with van der Waals surface area (Å²) in [6.45, 7) is 4.21. The maximum Gasteiger partial charge on any atom is 0.178 e. The number of aromatic nitrogens is 3. The van der Waals surface area contributed by atoms with Crippen LogP contribution in [-0.4, -0.2) is 14.5 Å². The summed E-state index contributed by atoms with van der Waals surface area (Å²) < 4.78 is 2.65. The number of nitrogens with zero attached hydrogens (tertiary/aromatic N) is 3. The first kappa shape index (κ1) is 14.0. The summed E-state index contributed by atoms with van der Waals surface area (Å²) in [7, 11) is 0. The van der Waals surface area contributed by atoms with Crippen molar-refractivity contribution >= 4 is 34.6 Å². The Bertz CT molecular complexity index is 894. The second kappa shape index (κ2) is 5.43. The summed E-state index contributed by atoms with van der Waals surface area (Å²) in [4.78, 5) is 8.92. The average Bonchev–Trinajstić information content (AvgIpc) is 3.09. The van der Waals surface area contributed by atoms with Crippen LogP contribution in [0.15, 0.2) is 24.4 Å². The molecule has 1 aromatic carbocycles. The SMILES string of the molecule is CCc1cnc(C(C)n2c(=S)[nH]c3c(C#N)cccc32)s1. The van der Waals surface area contributed by atoms with Gasteiger partial charge in [0.1, 0.15) is 11.1 Å². The molecule has 2 heterocycles. The summed E-state index contributed by atoms with van der Waals surface area (Å²) >= 11 is 7.16. The average molecular weight is 314 g/mol. The molecule has 0 fully saturated rings. The lowest BCUT2D eigenvalue weighted by atomic mass is 10.2. The predicted molar refractivity (Wildman–Crippen MR) is 87.1 cm³/mol. The van der Waals surface area contributed by atoms with E-state index in [-0.39, 0.29) is 6.04 Å². The van der Waals surface area contributed by atoms with Crippen molar-refractivity contribution in [1.82, 2.24) is 14.5 Å². The minimum Gasteiger partial charge on any atom is -0.329 e. The van der Waals surface area contributed by atoms with Crippen LogP contribution >= 0.6 is 23.6 Å². The van der Waals surface area contributed by atoms with Crippen molar-refractivity contribution in [2.75, 3.05) is 0 Å². The molecule has 6 heteroatoms. The predicted octanol–water partition coefficient (Wildman–Crippen LogP) is 4.20. The van der Waals surface area contributed by atoms with Gasteiger partial charge in [-0.3, -0.25) is 0 Å². The Morgan fingerprint density at radius 2 is 2.33 bits per heavy atom. The van der Waals surface area contributed by atoms with Gasteiger partial charge in [-0.2, -0.15) is 5.26 Å². The van der Waals surface area contributed by atoms with E-state index in [1.165, 1.54) is 4.88 Å². The molecular weight excluding hydrogens is 300 g/mol. The van der Waals surface area contributed by atoms with Crippen molar-refractivity contribution in [2.45, 2.75) is 26.3 Å². The highest BCUT2D eigenvalue weighted by Crippen LogP contribution is 2.28. The molecule has 0 saturated heterocycles. The molecule has 1 N–H and O–H groups in total. The number of nitrogens with one attached hydrogen (secondary N) is 1. The zero-order chi connectivity index (χ0) is 15.0. The number of fused-ring (bicyclic) bond motifs is 1. The second-order valence-electron chi connectivity index (χ2n) is 4.81. The fourth-order valence-electron chi connectivity index (χ4n) is 2.42. The smallest absolute Gasteiger partial charge is 0.178 e. The number of thiazole rings is 1. The Morgan fingerprint density at radius 1 is 1.52 bits per heavy atom. The van der Waals surface area contributed by atoms with Gasteiger partial charge in [0.2, 0.25) is 0 Å². The summed E-state index contributed by atoms with van der Waals surface area (Å²) in [6, 6.07) is 7.90. The van der Waals surface area contributed by atoms with Crippen LogP contribution in [0, 0.1) is 16.1 Å². The molecule has 4 nitrogen and oxygen atoms in total. The maximum atomic E-state index is 9.20. The van der Waals surface area contributed by atoms with E-state index < -0.39 is 0 Å². The molecule has 0 saturated carbocycles. The Balaban J connectivity index is 2.18. The first-order valence-corrected chi connectivity index (χ1v) is 7.96. The van der Waals surface area contributed by atoms with Crippen molar-refractivity contribution in [3.05, 3.63) is 44.6 Å². The third-order valence-corrected chi connectivity index (χ3v) is 5.15. The molecule has 3 rings (SSSR count). The van der Waals surface area contributed by atoms with Gasteiger partial charge in [-0.25, -0.2) is 4.98 Å². The number of aromatic amines is 1. The van der Waals surface area contributed by atoms with Crippen LogP contribution in [0.5, 0.6) is 0 Å². The van der Waals surface area contributed by atoms with Crippen molar-refractivity contribution in [1.29, 1.82) is 5.26 Å². The second-order valence-corrected chi connectivity index (χ2v) is 6.34. The fraction of sp³-hybridized carbons (Fsp3) is 0.267. The Kier molecular flexibility index (Phi) is 3.62. The molecule has 0 radical (unpaired) electrons. The van der Waals surface area contributed by atoms with Crippen molar-refractivity contribution in [2.24, 2.45) is 0 Å². The van der Waals surface area contributed by atoms with Gasteiger partial charge in [-0.05, 0) is 37.7 Å². The van der Waals surface area contributed by atoms with Crippen molar-refractivity contribution < 1.29 is 0 Å². The minimum absolute atomic E-state index is 0.0468. The molecule has 0 aliphatic carbocycles. The van der Waals surface area contributed by atoms with Crippen LogP contribution in [0.2, 0.25) is 0 Å². The Labute approximate surface area is 131 Å². The number of imidazole rings is 1. The minimum atomic E-state index is 0.0468. The van der Waals surface area contributed by atoms with Crippen LogP contribution in [0.3, 0.4) is 0 Å². The highest BCUT2D eigenvalue weighted by molar-refractivity contribution is 7.71. The Hall–Kier alpha value is -1.97. The van der Waals surface area contributed by atoms with Crippen molar-refractivity contribution in [3.8, 4) is 6.07 Å². The summed E-state index contributed by atoms with van der Waals surface area (Å²) in [6.07, 6.45) is 2.91. The third kappa shape index (κ3) is 2.28. The zero-order valence-corrected chi connectivity index (χ0v) is 13.4. The lowest BCUT2D eigenvalue weighted by molar-refractivity contribution is 0.644. The van der Waals surface area contributed by atoms with Crippen LogP contribution in [0.25, 0.3) is 11.0 Å². The summed E-state index contributed by atoms with van der Waals surface area (Å²) in [5.74, 6) is 0. The van der Waals surface area contributed by atoms with E-state index in [0.717, 1.165) is 22.5 Å². The fourth-order valence-corrected chi connectivity index (χ4v) is 3.67. The molecule has 1 atom stereocenters. The number of hydrogen-bond donors (Lipinski definition) is 1.